The van der Waals surface area contributed by atoms with Crippen LogP contribution >= 0.6 is 11.8 Å². The maximum Gasteiger partial charge on any atom is 0.405 e. The van der Waals surface area contributed by atoms with Crippen LogP contribution in [0.1, 0.15) is 37.6 Å². The Balaban J connectivity index is 1.76. The zero-order valence-electron chi connectivity index (χ0n) is 16.2. The van der Waals surface area contributed by atoms with Crippen LogP contribution in [0.3, 0.4) is 0 Å². The van der Waals surface area contributed by atoms with Gasteiger partial charge in [-0.3, -0.25) is 9.69 Å². The lowest BCUT2D eigenvalue weighted by Crippen LogP contribution is -2.59. The van der Waals surface area contributed by atoms with E-state index in [4.69, 9.17) is 9.84 Å². The Morgan fingerprint density at radius 3 is 2.79 bits per heavy atom. The van der Waals surface area contributed by atoms with Crippen LogP contribution in [-0.2, 0) is 9.53 Å². The molecule has 0 spiro atoms. The van der Waals surface area contributed by atoms with Gasteiger partial charge in [-0.1, -0.05) is 0 Å². The van der Waals surface area contributed by atoms with Gasteiger partial charge >= 0.3 is 12.1 Å². The monoisotopic (exact) mass is 407 g/mol. The molecule has 152 valence electrons. The van der Waals surface area contributed by atoms with Crippen molar-refractivity contribution in [3.63, 3.8) is 0 Å². The van der Waals surface area contributed by atoms with Gasteiger partial charge in [0.1, 0.15) is 6.10 Å². The van der Waals surface area contributed by atoms with E-state index in [1.165, 1.54) is 11.8 Å². The van der Waals surface area contributed by atoms with Crippen LogP contribution in [0.25, 0.3) is 0 Å². The highest BCUT2D eigenvalue weighted by Crippen LogP contribution is 2.32. The highest BCUT2D eigenvalue weighted by molar-refractivity contribution is 8.00. The lowest BCUT2D eigenvalue weighted by atomic mass is 9.96. The fourth-order valence-corrected chi connectivity index (χ4v) is 4.17. The molecule has 1 fully saturated rings. The van der Waals surface area contributed by atoms with Crippen molar-refractivity contribution < 1.29 is 24.2 Å². The van der Waals surface area contributed by atoms with Crippen LogP contribution in [0.5, 0.6) is 0 Å². The van der Waals surface area contributed by atoms with Crippen molar-refractivity contribution in [3.05, 3.63) is 23.8 Å². The molecule has 0 aromatic heterocycles. The van der Waals surface area contributed by atoms with Gasteiger partial charge in [0.05, 0.1) is 23.0 Å². The van der Waals surface area contributed by atoms with Crippen LogP contribution < -0.4 is 10.6 Å². The largest absolute Gasteiger partial charge is 0.465 e. The molecule has 28 heavy (non-hydrogen) atoms. The zero-order chi connectivity index (χ0) is 20.5. The number of nitrogens with one attached hydrogen (secondary N) is 2. The molecule has 1 aromatic rings. The van der Waals surface area contributed by atoms with Crippen molar-refractivity contribution in [3.8, 4) is 0 Å². The molecule has 0 saturated carbocycles. The zero-order valence-corrected chi connectivity index (χ0v) is 17.0. The first-order valence-electron chi connectivity index (χ1n) is 9.15. The quantitative estimate of drug-likeness (QED) is 0.660. The summed E-state index contributed by atoms with van der Waals surface area (Å²) in [5.41, 5.74) is 0.797. The first kappa shape index (κ1) is 20.5. The first-order chi connectivity index (χ1) is 13.1. The van der Waals surface area contributed by atoms with Crippen LogP contribution in [0.15, 0.2) is 23.1 Å². The minimum absolute atomic E-state index is 0.109. The van der Waals surface area contributed by atoms with Gasteiger partial charge in [-0.2, -0.15) is 0 Å². The summed E-state index contributed by atoms with van der Waals surface area (Å²) in [4.78, 5) is 38.5. The van der Waals surface area contributed by atoms with Crippen LogP contribution in [0, 0.1) is 0 Å². The summed E-state index contributed by atoms with van der Waals surface area (Å²) < 4.78 is 5.71. The molecule has 0 bridgehead atoms. The molecular formula is C19H25N3O5S. The summed E-state index contributed by atoms with van der Waals surface area (Å²) in [6.45, 7) is 7.37. The number of hydrogen-bond donors (Lipinski definition) is 3. The second kappa shape index (κ2) is 8.00. The Labute approximate surface area is 168 Å². The molecule has 2 aliphatic rings. The average Bonchev–Trinajstić information content (AvgIpc) is 2.61. The third-order valence-corrected chi connectivity index (χ3v) is 6.00. The van der Waals surface area contributed by atoms with Crippen LogP contribution in [0.2, 0.25) is 0 Å². The van der Waals surface area contributed by atoms with E-state index >= 15 is 0 Å². The minimum Gasteiger partial charge on any atom is -0.465 e. The average molecular weight is 407 g/mol. The number of carbonyl (C=O) groups excluding carboxylic acids is 2. The number of hydrogen-bond acceptors (Lipinski definition) is 6. The van der Waals surface area contributed by atoms with Gasteiger partial charge < -0.3 is 20.5 Å². The summed E-state index contributed by atoms with van der Waals surface area (Å²) >= 11 is 1.42. The molecule has 2 amide bonds. The number of carboxylic acid groups (broad SMARTS) is 1. The summed E-state index contributed by atoms with van der Waals surface area (Å²) in [6, 6.07) is 4.58. The number of ether oxygens (including phenoxy) is 1. The Hall–Kier alpha value is -2.26. The number of fused-ring (bicyclic) bond motifs is 1. The van der Waals surface area contributed by atoms with Gasteiger partial charge in [0.2, 0.25) is 5.91 Å². The van der Waals surface area contributed by atoms with Crippen molar-refractivity contribution >= 4 is 35.4 Å². The van der Waals surface area contributed by atoms with Gasteiger partial charge in [0.15, 0.2) is 0 Å². The number of rotatable bonds is 3. The number of thioether (sulfide) groups is 1. The molecule has 2 atom stereocenters. The Morgan fingerprint density at radius 2 is 2.11 bits per heavy atom. The fourth-order valence-electron chi connectivity index (χ4n) is 3.38. The summed E-state index contributed by atoms with van der Waals surface area (Å²) in [7, 11) is 0. The van der Waals surface area contributed by atoms with Gasteiger partial charge in [-0.15, -0.1) is 11.8 Å². The number of carbonyl (C=O) groups is 3. The molecule has 0 unspecified atom stereocenters. The Morgan fingerprint density at radius 1 is 1.36 bits per heavy atom. The molecule has 3 rings (SSSR count). The van der Waals surface area contributed by atoms with Crippen molar-refractivity contribution in [1.82, 2.24) is 10.2 Å². The van der Waals surface area contributed by atoms with E-state index in [1.54, 1.807) is 18.2 Å². The first-order valence-corrected chi connectivity index (χ1v) is 10.1. The van der Waals surface area contributed by atoms with Crippen LogP contribution in [0.4, 0.5) is 10.5 Å². The normalized spacial score (nSPS) is 22.8. The van der Waals surface area contributed by atoms with E-state index in [1.807, 2.05) is 0 Å². The van der Waals surface area contributed by atoms with Gasteiger partial charge in [-0.05, 0) is 45.4 Å². The van der Waals surface area contributed by atoms with Crippen molar-refractivity contribution in [2.45, 2.75) is 49.8 Å². The molecule has 1 saturated heterocycles. The van der Waals surface area contributed by atoms with E-state index in [2.05, 4.69) is 36.3 Å². The third-order valence-electron chi connectivity index (χ3n) is 4.92. The van der Waals surface area contributed by atoms with Crippen molar-refractivity contribution in [2.75, 3.05) is 24.2 Å². The standard InChI is InChI=1S/C19H25N3O5S/c1-19(2,3)22-7-6-12(21-18(25)26)14(9-22)27-17(24)11-4-5-15-13(8-11)20-16(23)10-28-15/h4-5,8,12,14,21H,6-7,9-10H2,1-3H3,(H,20,23)(H,25,26)/t12-,14-/m0/s1. The number of benzene rings is 1. The van der Waals surface area contributed by atoms with Gasteiger partial charge in [0.25, 0.3) is 0 Å². The molecule has 2 heterocycles. The molecular weight excluding hydrogens is 382 g/mol. The Bertz CT molecular complexity index is 792. The number of anilines is 1. The number of piperidine rings is 1. The maximum absolute atomic E-state index is 12.7. The smallest absolute Gasteiger partial charge is 0.405 e. The predicted octanol–water partition coefficient (Wildman–Crippen LogP) is 2.40. The fraction of sp³-hybridized carbons (Fsp3) is 0.526. The SMILES string of the molecule is CC(C)(C)N1CC[C@H](NC(=O)O)[C@@H](OC(=O)c2ccc3c(c2)NC(=O)CS3)C1. The van der Waals surface area contributed by atoms with Crippen molar-refractivity contribution in [2.24, 2.45) is 0 Å². The number of nitrogens with zero attached hydrogens (tertiary/aromatic N) is 1. The van der Waals surface area contributed by atoms with E-state index in [0.29, 0.717) is 36.5 Å². The highest BCUT2D eigenvalue weighted by atomic mass is 32.2. The highest BCUT2D eigenvalue weighted by Gasteiger charge is 2.37. The van der Waals surface area contributed by atoms with E-state index < -0.39 is 24.2 Å². The Kier molecular flexibility index (Phi) is 5.85. The van der Waals surface area contributed by atoms with Crippen LogP contribution in [-0.4, -0.2) is 64.5 Å². The molecule has 8 nitrogen and oxygen atoms in total. The van der Waals surface area contributed by atoms with E-state index in [9.17, 15) is 14.4 Å². The second-order valence-corrected chi connectivity index (χ2v) is 8.97. The van der Waals surface area contributed by atoms with E-state index in [-0.39, 0.29) is 11.4 Å². The van der Waals surface area contributed by atoms with Gasteiger partial charge in [-0.25, -0.2) is 9.59 Å². The number of amides is 2. The molecule has 2 aliphatic heterocycles. The molecule has 1 aromatic carbocycles. The minimum atomic E-state index is -1.14. The molecule has 3 N–H and O–H groups in total. The topological polar surface area (TPSA) is 108 Å². The molecule has 0 radical (unpaired) electrons. The predicted molar refractivity (Wildman–Crippen MR) is 106 cm³/mol. The summed E-state index contributed by atoms with van der Waals surface area (Å²) in [6.07, 6.45) is -1.18. The number of esters is 1. The maximum atomic E-state index is 12.7. The lowest BCUT2D eigenvalue weighted by Gasteiger charge is -2.44. The number of likely N-dealkylation sites (tertiary alicyclic amines) is 1. The van der Waals surface area contributed by atoms with Gasteiger partial charge in [0, 0.05) is 23.5 Å². The summed E-state index contributed by atoms with van der Waals surface area (Å²) in [5, 5.41) is 14.3. The molecule has 0 aliphatic carbocycles. The summed E-state index contributed by atoms with van der Waals surface area (Å²) in [5.74, 6) is -0.295. The van der Waals surface area contributed by atoms with E-state index in [0.717, 1.165) is 4.90 Å². The lowest BCUT2D eigenvalue weighted by molar-refractivity contribution is -0.113. The molecule has 9 heteroatoms. The second-order valence-electron chi connectivity index (χ2n) is 7.95. The van der Waals surface area contributed by atoms with Crippen molar-refractivity contribution in [1.29, 1.82) is 0 Å². The third kappa shape index (κ3) is 4.77.